The van der Waals surface area contributed by atoms with Gasteiger partial charge in [-0.15, -0.1) is 34.3 Å². The molecule has 0 aromatic rings. The maximum absolute atomic E-state index is 5.59. The molecule has 0 N–H and O–H groups in total. The summed E-state index contributed by atoms with van der Waals surface area (Å²) < 4.78 is 0. The molecule has 0 heterocycles. The molecule has 0 nitrogen and oxygen atoms in total. The van der Waals surface area contributed by atoms with Gasteiger partial charge in [0.25, 0.3) is 0 Å². The summed E-state index contributed by atoms with van der Waals surface area (Å²) in [6.07, 6.45) is 0. The maximum atomic E-state index is 5.59. The van der Waals surface area contributed by atoms with E-state index in [4.69, 9.17) is 23.2 Å². The molecule has 0 bridgehead atoms. The number of alkyl halides is 2. The molecule has 0 aliphatic rings. The molecule has 0 unspecified atom stereocenters. The van der Waals surface area contributed by atoms with Crippen molar-refractivity contribution in [1.82, 2.24) is 0 Å². The monoisotopic (exact) mass is 290 g/mol. The molecular formula is C12H20Cl2Si2. The van der Waals surface area contributed by atoms with E-state index in [1.54, 1.807) is 0 Å². The van der Waals surface area contributed by atoms with Gasteiger partial charge in [-0.25, -0.2) is 0 Å². The van der Waals surface area contributed by atoms with Crippen LogP contribution in [-0.2, 0) is 0 Å². The van der Waals surface area contributed by atoms with E-state index >= 15 is 0 Å². The Morgan fingerprint density at radius 1 is 0.750 bits per heavy atom. The van der Waals surface area contributed by atoms with Gasteiger partial charge in [-0.1, -0.05) is 38.0 Å². The predicted molar refractivity (Wildman–Crippen MR) is 81.6 cm³/mol. The van der Waals surface area contributed by atoms with Gasteiger partial charge in [0.05, 0.1) is 11.8 Å². The standard InChI is InChI=1S/C12H20Cl2Si2/c1-15(2,9-5-7-13)11-12-16(3,4)10-6-8-14/h7-8,11-12H2,1-4H3. The normalized spacial score (nSPS) is 11.1. The molecule has 0 aromatic heterocycles. The van der Waals surface area contributed by atoms with Crippen LogP contribution in [0.15, 0.2) is 0 Å². The summed E-state index contributed by atoms with van der Waals surface area (Å²) in [5, 5.41) is 0. The van der Waals surface area contributed by atoms with E-state index in [9.17, 15) is 0 Å². The van der Waals surface area contributed by atoms with Crippen LogP contribution in [-0.4, -0.2) is 27.9 Å². The molecule has 16 heavy (non-hydrogen) atoms. The number of halogens is 2. The smallest absolute Gasteiger partial charge is 0.130 e. The lowest BCUT2D eigenvalue weighted by Crippen LogP contribution is -2.30. The summed E-state index contributed by atoms with van der Waals surface area (Å²) in [5.41, 5.74) is 6.68. The van der Waals surface area contributed by atoms with Gasteiger partial charge in [-0.05, 0) is 12.1 Å². The minimum absolute atomic E-state index is 0.448. The van der Waals surface area contributed by atoms with E-state index in [-0.39, 0.29) is 0 Å². The van der Waals surface area contributed by atoms with E-state index in [0.717, 1.165) is 0 Å². The first kappa shape index (κ1) is 16.1. The molecule has 0 rings (SSSR count). The van der Waals surface area contributed by atoms with Crippen LogP contribution in [0.2, 0.25) is 38.3 Å². The van der Waals surface area contributed by atoms with Crippen LogP contribution in [0.25, 0.3) is 0 Å². The highest BCUT2D eigenvalue weighted by Gasteiger charge is 2.25. The van der Waals surface area contributed by atoms with Crippen molar-refractivity contribution in [2.75, 3.05) is 11.8 Å². The van der Waals surface area contributed by atoms with Crippen molar-refractivity contribution in [2.24, 2.45) is 0 Å². The third-order valence-electron chi connectivity index (χ3n) is 2.36. The van der Waals surface area contributed by atoms with Gasteiger partial charge in [0.15, 0.2) is 0 Å². The molecule has 90 valence electrons. The van der Waals surface area contributed by atoms with Crippen molar-refractivity contribution in [3.8, 4) is 22.9 Å². The molecule has 4 heteroatoms. The average molecular weight is 291 g/mol. The van der Waals surface area contributed by atoms with Gasteiger partial charge >= 0.3 is 0 Å². The zero-order chi connectivity index (χ0) is 12.7. The lowest BCUT2D eigenvalue weighted by Gasteiger charge is -2.20. The third-order valence-corrected chi connectivity index (χ3v) is 7.84. The lowest BCUT2D eigenvalue weighted by atomic mass is 10.8. The number of hydrogen-bond acceptors (Lipinski definition) is 0. The Hall–Kier alpha value is 0.134. The van der Waals surface area contributed by atoms with Crippen molar-refractivity contribution in [3.05, 3.63) is 0 Å². The molecule has 0 aliphatic carbocycles. The van der Waals surface area contributed by atoms with E-state index < -0.39 is 16.1 Å². The topological polar surface area (TPSA) is 0 Å². The minimum atomic E-state index is -1.38. The Morgan fingerprint density at radius 3 is 1.31 bits per heavy atom. The fourth-order valence-corrected chi connectivity index (χ4v) is 8.04. The van der Waals surface area contributed by atoms with Crippen molar-refractivity contribution in [3.63, 3.8) is 0 Å². The van der Waals surface area contributed by atoms with E-state index in [1.807, 2.05) is 0 Å². The molecule has 0 amide bonds. The Kier molecular flexibility index (Phi) is 7.52. The molecule has 0 atom stereocenters. The van der Waals surface area contributed by atoms with Crippen LogP contribution in [0.4, 0.5) is 0 Å². The second-order valence-corrected chi connectivity index (χ2v) is 14.7. The summed E-state index contributed by atoms with van der Waals surface area (Å²) in [5.74, 6) is 6.90. The van der Waals surface area contributed by atoms with Crippen LogP contribution in [0.5, 0.6) is 0 Å². The fraction of sp³-hybridized carbons (Fsp3) is 0.667. The Balaban J connectivity index is 4.33. The molecule has 0 saturated carbocycles. The van der Waals surface area contributed by atoms with Crippen molar-refractivity contribution < 1.29 is 0 Å². The summed E-state index contributed by atoms with van der Waals surface area (Å²) in [6, 6.07) is 2.43. The number of hydrogen-bond donors (Lipinski definition) is 0. The molecule has 0 aromatic carbocycles. The predicted octanol–water partition coefficient (Wildman–Crippen LogP) is 3.97. The van der Waals surface area contributed by atoms with Gasteiger partial charge in [-0.2, -0.15) is 0 Å². The highest BCUT2D eigenvalue weighted by atomic mass is 35.5. The van der Waals surface area contributed by atoms with E-state index in [0.29, 0.717) is 11.8 Å². The van der Waals surface area contributed by atoms with Gasteiger partial charge in [0, 0.05) is 0 Å². The first-order valence-electron chi connectivity index (χ1n) is 5.45. The average Bonchev–Trinajstić information content (AvgIpc) is 2.22. The van der Waals surface area contributed by atoms with Crippen molar-refractivity contribution in [1.29, 1.82) is 0 Å². The summed E-state index contributed by atoms with van der Waals surface area (Å²) in [6.45, 7) is 9.19. The summed E-state index contributed by atoms with van der Waals surface area (Å²) >= 11 is 11.2. The first-order valence-corrected chi connectivity index (χ1v) is 12.9. The number of rotatable bonds is 3. The van der Waals surface area contributed by atoms with E-state index in [2.05, 4.69) is 49.1 Å². The Bertz CT molecular complexity index is 292. The quantitative estimate of drug-likeness (QED) is 0.419. The molecule has 0 radical (unpaired) electrons. The van der Waals surface area contributed by atoms with Crippen molar-refractivity contribution in [2.45, 2.75) is 38.3 Å². The molecular weight excluding hydrogens is 271 g/mol. The second kappa shape index (κ2) is 7.46. The highest BCUT2D eigenvalue weighted by molar-refractivity contribution is 6.90. The van der Waals surface area contributed by atoms with Crippen LogP contribution in [0.3, 0.4) is 0 Å². The van der Waals surface area contributed by atoms with Gasteiger partial charge in [0.1, 0.15) is 16.1 Å². The molecule has 0 aliphatic heterocycles. The molecule has 0 spiro atoms. The van der Waals surface area contributed by atoms with Gasteiger partial charge < -0.3 is 0 Å². The maximum Gasteiger partial charge on any atom is 0.132 e. The fourth-order valence-electron chi connectivity index (χ4n) is 1.30. The van der Waals surface area contributed by atoms with E-state index in [1.165, 1.54) is 12.1 Å². The lowest BCUT2D eigenvalue weighted by molar-refractivity contribution is 1.31. The second-order valence-electron chi connectivity index (χ2n) is 5.14. The third kappa shape index (κ3) is 8.30. The zero-order valence-electron chi connectivity index (χ0n) is 10.6. The van der Waals surface area contributed by atoms with Crippen molar-refractivity contribution >= 4 is 39.3 Å². The zero-order valence-corrected chi connectivity index (χ0v) is 14.1. The molecule has 0 fully saturated rings. The highest BCUT2D eigenvalue weighted by Crippen LogP contribution is 2.19. The van der Waals surface area contributed by atoms with Crippen LogP contribution >= 0.6 is 23.2 Å². The van der Waals surface area contributed by atoms with Gasteiger partial charge in [-0.3, -0.25) is 0 Å². The van der Waals surface area contributed by atoms with Crippen LogP contribution in [0.1, 0.15) is 0 Å². The Morgan fingerprint density at radius 2 is 1.06 bits per heavy atom. The first-order chi connectivity index (χ1) is 7.33. The minimum Gasteiger partial charge on any atom is -0.130 e. The van der Waals surface area contributed by atoms with Gasteiger partial charge in [0.2, 0.25) is 0 Å². The largest absolute Gasteiger partial charge is 0.132 e. The Labute approximate surface area is 112 Å². The SMILES string of the molecule is C[Si](C)(C#CCCl)CC[Si](C)(C)C#CCCl. The van der Waals surface area contributed by atoms with Crippen LogP contribution < -0.4 is 0 Å². The molecule has 0 saturated heterocycles. The van der Waals surface area contributed by atoms with Crippen LogP contribution in [0, 0.1) is 22.9 Å². The summed E-state index contributed by atoms with van der Waals surface area (Å²) in [7, 11) is -2.77. The summed E-state index contributed by atoms with van der Waals surface area (Å²) in [4.78, 5) is 0.